The summed E-state index contributed by atoms with van der Waals surface area (Å²) in [6, 6.07) is 31.8. The van der Waals surface area contributed by atoms with Crippen LogP contribution in [0, 0.1) is 6.92 Å². The number of furan rings is 1. The highest BCUT2D eigenvalue weighted by atomic mass is 16.3. The number of hydrogen-bond donors (Lipinski definition) is 1. The summed E-state index contributed by atoms with van der Waals surface area (Å²) in [7, 11) is 0. The van der Waals surface area contributed by atoms with E-state index in [0.717, 1.165) is 32.8 Å². The van der Waals surface area contributed by atoms with Gasteiger partial charge in [-0.25, -0.2) is 0 Å². The average Bonchev–Trinajstić information content (AvgIpc) is 3.24. The molecule has 1 atom stereocenters. The first-order chi connectivity index (χ1) is 14.7. The maximum Gasteiger partial charge on any atom is 0.287 e. The summed E-state index contributed by atoms with van der Waals surface area (Å²) in [5.74, 6) is 0.0863. The van der Waals surface area contributed by atoms with Crippen molar-refractivity contribution in [2.45, 2.75) is 13.0 Å². The van der Waals surface area contributed by atoms with Gasteiger partial charge in [0.15, 0.2) is 5.76 Å². The third-order valence-electron chi connectivity index (χ3n) is 5.56. The highest BCUT2D eigenvalue weighted by molar-refractivity contribution is 6.08. The molecule has 0 aliphatic rings. The van der Waals surface area contributed by atoms with Crippen LogP contribution >= 0.6 is 0 Å². The van der Waals surface area contributed by atoms with Crippen molar-refractivity contribution >= 4 is 27.6 Å². The van der Waals surface area contributed by atoms with Gasteiger partial charge >= 0.3 is 0 Å². The molecule has 0 aliphatic heterocycles. The van der Waals surface area contributed by atoms with Crippen molar-refractivity contribution in [1.29, 1.82) is 0 Å². The average molecular weight is 391 g/mol. The number of nitrogens with one attached hydrogen (secondary N) is 1. The largest absolute Gasteiger partial charge is 0.451 e. The van der Waals surface area contributed by atoms with Gasteiger partial charge in [0.1, 0.15) is 5.58 Å². The van der Waals surface area contributed by atoms with E-state index < -0.39 is 0 Å². The van der Waals surface area contributed by atoms with Crippen LogP contribution in [0.4, 0.5) is 0 Å². The fraction of sp³-hybridized carbons (Fsp3) is 0.0741. The zero-order chi connectivity index (χ0) is 20.5. The van der Waals surface area contributed by atoms with E-state index >= 15 is 0 Å². The van der Waals surface area contributed by atoms with Crippen molar-refractivity contribution in [2.24, 2.45) is 0 Å². The number of carbonyl (C=O) groups is 1. The van der Waals surface area contributed by atoms with Gasteiger partial charge in [-0.05, 0) is 46.5 Å². The van der Waals surface area contributed by atoms with Gasteiger partial charge in [-0.2, -0.15) is 0 Å². The Labute approximate surface area is 175 Å². The molecule has 0 fully saturated rings. The summed E-state index contributed by atoms with van der Waals surface area (Å²) in [5.41, 5.74) is 3.94. The maximum atomic E-state index is 13.2. The van der Waals surface area contributed by atoms with Gasteiger partial charge in [-0.3, -0.25) is 4.79 Å². The second-order valence-corrected chi connectivity index (χ2v) is 7.48. The molecule has 0 bridgehead atoms. The minimum Gasteiger partial charge on any atom is -0.451 e. The zero-order valence-corrected chi connectivity index (χ0v) is 16.6. The van der Waals surface area contributed by atoms with E-state index in [1.165, 1.54) is 0 Å². The van der Waals surface area contributed by atoms with Crippen molar-refractivity contribution < 1.29 is 9.21 Å². The second kappa shape index (κ2) is 7.53. The summed E-state index contributed by atoms with van der Waals surface area (Å²) in [6.45, 7) is 2.06. The molecule has 0 unspecified atom stereocenters. The first-order valence-electron chi connectivity index (χ1n) is 10.0. The van der Waals surface area contributed by atoms with Gasteiger partial charge in [0, 0.05) is 5.39 Å². The first-order valence-corrected chi connectivity index (χ1v) is 10.0. The molecule has 1 N–H and O–H groups in total. The second-order valence-electron chi connectivity index (χ2n) is 7.48. The van der Waals surface area contributed by atoms with E-state index in [2.05, 4.69) is 36.5 Å². The lowest BCUT2D eigenvalue weighted by molar-refractivity contribution is 0.0917. The van der Waals surface area contributed by atoms with Crippen molar-refractivity contribution in [2.75, 3.05) is 0 Å². The fourth-order valence-electron chi connectivity index (χ4n) is 4.00. The van der Waals surface area contributed by atoms with Crippen LogP contribution in [0.3, 0.4) is 0 Å². The fourth-order valence-corrected chi connectivity index (χ4v) is 4.00. The van der Waals surface area contributed by atoms with E-state index in [0.29, 0.717) is 11.3 Å². The lowest BCUT2D eigenvalue weighted by atomic mass is 9.95. The molecule has 5 rings (SSSR count). The Morgan fingerprint density at radius 1 is 0.800 bits per heavy atom. The molecule has 1 heterocycles. The smallest absolute Gasteiger partial charge is 0.287 e. The van der Waals surface area contributed by atoms with Crippen LogP contribution in [0.1, 0.15) is 33.3 Å². The third kappa shape index (κ3) is 3.25. The van der Waals surface area contributed by atoms with E-state index in [9.17, 15) is 4.79 Å². The Hall–Kier alpha value is -3.85. The Morgan fingerprint density at radius 3 is 2.37 bits per heavy atom. The molecular formula is C27H21NO2. The van der Waals surface area contributed by atoms with Crippen LogP contribution < -0.4 is 5.32 Å². The summed E-state index contributed by atoms with van der Waals surface area (Å²) in [6.07, 6.45) is 0. The Balaban J connectivity index is 1.55. The number of carbonyl (C=O) groups excluding carboxylic acids is 1. The van der Waals surface area contributed by atoms with Gasteiger partial charge in [-0.1, -0.05) is 84.9 Å². The van der Waals surface area contributed by atoms with Gasteiger partial charge in [0.25, 0.3) is 5.91 Å². The first kappa shape index (κ1) is 18.2. The molecule has 3 heteroatoms. The van der Waals surface area contributed by atoms with Gasteiger partial charge < -0.3 is 9.73 Å². The van der Waals surface area contributed by atoms with Gasteiger partial charge in [-0.15, -0.1) is 0 Å². The molecule has 146 valence electrons. The molecule has 0 saturated carbocycles. The lowest BCUT2D eigenvalue weighted by Crippen LogP contribution is -2.29. The van der Waals surface area contributed by atoms with Crippen LogP contribution in [-0.2, 0) is 0 Å². The molecule has 1 amide bonds. The molecule has 3 nitrogen and oxygen atoms in total. The normalized spacial score (nSPS) is 12.2. The van der Waals surface area contributed by atoms with E-state index in [1.807, 2.05) is 72.8 Å². The summed E-state index contributed by atoms with van der Waals surface area (Å²) in [4.78, 5) is 13.2. The minimum absolute atomic E-state index is 0.229. The maximum absolute atomic E-state index is 13.2. The van der Waals surface area contributed by atoms with Crippen molar-refractivity contribution in [3.63, 3.8) is 0 Å². The number of aryl methyl sites for hydroxylation is 1. The minimum atomic E-state index is -0.259. The standard InChI is InChI=1S/C27H21NO2/c1-18-9-5-7-13-21(18)26(20-11-3-2-4-12-20)28-27(29)25-17-23-22-14-8-6-10-19(22)15-16-24(23)30-25/h2-17,26H,1H3,(H,28,29)/t26-/m0/s1. The van der Waals surface area contributed by atoms with Crippen LogP contribution in [0.15, 0.2) is 101 Å². The predicted octanol–water partition coefficient (Wildman–Crippen LogP) is 6.41. The Bertz CT molecular complexity index is 1350. The van der Waals surface area contributed by atoms with E-state index in [-0.39, 0.29) is 11.9 Å². The van der Waals surface area contributed by atoms with Crippen molar-refractivity contribution in [3.05, 3.63) is 120 Å². The van der Waals surface area contributed by atoms with Crippen LogP contribution in [0.5, 0.6) is 0 Å². The van der Waals surface area contributed by atoms with Gasteiger partial charge in [0.2, 0.25) is 0 Å². The number of fused-ring (bicyclic) bond motifs is 3. The van der Waals surface area contributed by atoms with Crippen molar-refractivity contribution in [1.82, 2.24) is 5.32 Å². The lowest BCUT2D eigenvalue weighted by Gasteiger charge is -2.21. The Kier molecular flexibility index (Phi) is 4.56. The molecule has 5 aromatic rings. The number of rotatable bonds is 4. The molecule has 0 radical (unpaired) electrons. The molecule has 0 spiro atoms. The predicted molar refractivity (Wildman–Crippen MR) is 121 cm³/mol. The number of hydrogen-bond acceptors (Lipinski definition) is 2. The van der Waals surface area contributed by atoms with Gasteiger partial charge in [0.05, 0.1) is 6.04 Å². The molecule has 30 heavy (non-hydrogen) atoms. The third-order valence-corrected chi connectivity index (χ3v) is 5.56. The monoisotopic (exact) mass is 391 g/mol. The summed E-state index contributed by atoms with van der Waals surface area (Å²) in [5, 5.41) is 6.34. The molecular weight excluding hydrogens is 370 g/mol. The van der Waals surface area contributed by atoms with Crippen LogP contribution in [-0.4, -0.2) is 5.91 Å². The van der Waals surface area contributed by atoms with Crippen LogP contribution in [0.2, 0.25) is 0 Å². The van der Waals surface area contributed by atoms with E-state index in [4.69, 9.17) is 4.42 Å². The highest BCUT2D eigenvalue weighted by Crippen LogP contribution is 2.29. The number of benzene rings is 4. The quantitative estimate of drug-likeness (QED) is 0.384. The topological polar surface area (TPSA) is 42.2 Å². The summed E-state index contributed by atoms with van der Waals surface area (Å²) >= 11 is 0. The highest BCUT2D eigenvalue weighted by Gasteiger charge is 2.21. The molecule has 4 aromatic carbocycles. The van der Waals surface area contributed by atoms with Crippen molar-refractivity contribution in [3.8, 4) is 0 Å². The van der Waals surface area contributed by atoms with E-state index in [1.54, 1.807) is 0 Å². The zero-order valence-electron chi connectivity index (χ0n) is 16.6. The summed E-state index contributed by atoms with van der Waals surface area (Å²) < 4.78 is 5.93. The molecule has 0 aliphatic carbocycles. The Morgan fingerprint density at radius 2 is 1.53 bits per heavy atom. The molecule has 0 saturated heterocycles. The molecule has 1 aromatic heterocycles. The SMILES string of the molecule is Cc1ccccc1[C@@H](NC(=O)c1cc2c(ccc3ccccc32)o1)c1ccccc1. The number of amides is 1. The van der Waals surface area contributed by atoms with Crippen LogP contribution in [0.25, 0.3) is 21.7 Å².